The van der Waals surface area contributed by atoms with Crippen LogP contribution in [0.2, 0.25) is 10.0 Å². The first kappa shape index (κ1) is 80.9. The SMILES string of the molecule is C=CCOC(=O)N(C)[C@H](CC(C)C)C(=O)N[C@H]1C(=O)C[C@@H](CNC(=S)NCCCCCCCC)C(=O)N[C@H]2C(=O)C[C@H]3C(=O)N[C@H](C(=O)N[C@H](C(C)=O)c4cc(O)cc(O)c4-c4cc3ccc4O)[C@H](O)c3ccc(c(Cl)c3)Oc3cc2cc(c3OC2OC(CO)C(O)C(O)C2O)Oc2ccc(cc2Cl)[C@H]1O. The third-order valence-electron chi connectivity index (χ3n) is 18.7. The Hall–Kier alpha value is -9.21. The number of fused-ring (bicyclic) bond motifs is 15. The lowest BCUT2D eigenvalue weighted by Crippen LogP contribution is -2.60. The Balaban J connectivity index is 1.29. The van der Waals surface area contributed by atoms with Crippen LogP contribution < -0.4 is 46.1 Å². The van der Waals surface area contributed by atoms with Crippen molar-refractivity contribution in [3.63, 3.8) is 0 Å². The molecule has 5 aromatic carbocycles. The Morgan fingerprint density at radius 1 is 0.726 bits per heavy atom. The number of likely N-dealkylation sites (N-methyl/N-ethyl adjacent to an activating group) is 1. The lowest BCUT2D eigenvalue weighted by Gasteiger charge is -2.39. The number of ketones is 3. The number of phenolic OH excluding ortho intramolecular Hbond substituents is 3. The maximum Gasteiger partial charge on any atom is 0.410 e. The third-order valence-corrected chi connectivity index (χ3v) is 19.6. The molecule has 32 heteroatoms. The molecular weight excluding hydrogens is 1440 g/mol. The van der Waals surface area contributed by atoms with Crippen molar-refractivity contribution in [1.82, 2.24) is 36.8 Å². The zero-order valence-electron chi connectivity index (χ0n) is 58.6. The van der Waals surface area contributed by atoms with Crippen LogP contribution in [0.25, 0.3) is 11.1 Å². The Kier molecular flexibility index (Phi) is 27.4. The van der Waals surface area contributed by atoms with E-state index >= 15 is 19.2 Å². The molecule has 6 heterocycles. The summed E-state index contributed by atoms with van der Waals surface area (Å²) in [6.07, 6.45) is -9.76. The number of aliphatic hydroxyl groups is 6. The second-order valence-corrected chi connectivity index (χ2v) is 28.1. The first-order valence-electron chi connectivity index (χ1n) is 34.6. The molecule has 6 aliphatic rings. The minimum absolute atomic E-state index is 0.00102. The number of hydrogen-bond donors (Lipinski definition) is 15. The zero-order valence-corrected chi connectivity index (χ0v) is 60.9. The lowest BCUT2D eigenvalue weighted by atomic mass is 9.84. The highest BCUT2D eigenvalue weighted by atomic mass is 35.5. The van der Waals surface area contributed by atoms with Crippen LogP contribution in [-0.4, -0.2) is 185 Å². The van der Waals surface area contributed by atoms with E-state index in [9.17, 15) is 65.1 Å². The fourth-order valence-corrected chi connectivity index (χ4v) is 13.6. The number of Topliss-reactive ketones (excluding diaryl/α,β-unsaturated/α-hetero) is 3. The first-order chi connectivity index (χ1) is 50.4. The molecule has 0 saturated carbocycles. The number of nitrogens with one attached hydrogen (secondary N) is 6. The molecule has 0 radical (unpaired) electrons. The summed E-state index contributed by atoms with van der Waals surface area (Å²) in [7, 11) is 1.30. The highest BCUT2D eigenvalue weighted by molar-refractivity contribution is 7.80. The predicted octanol–water partition coefficient (Wildman–Crippen LogP) is 6.33. The maximum atomic E-state index is 16.3. The van der Waals surface area contributed by atoms with Crippen molar-refractivity contribution in [3.05, 3.63) is 129 Å². The monoisotopic (exact) mass is 1530 g/mol. The molecule has 0 spiro atoms. The van der Waals surface area contributed by atoms with Crippen molar-refractivity contribution in [3.8, 4) is 57.1 Å². The molecular formula is C74H87Cl2N7O22S. The number of thiocarbonyl (C=S) groups is 1. The van der Waals surface area contributed by atoms with Gasteiger partial charge in [-0.25, -0.2) is 4.79 Å². The number of carbonyl (C=O) groups excluding carboxylic acids is 8. The minimum atomic E-state index is -2.13. The summed E-state index contributed by atoms with van der Waals surface area (Å²) in [5.41, 5.74) is -1.66. The Morgan fingerprint density at radius 2 is 1.37 bits per heavy atom. The molecule has 11 rings (SSSR count). The molecule has 5 unspecified atom stereocenters. The van der Waals surface area contributed by atoms with Crippen molar-refractivity contribution in [2.24, 2.45) is 11.8 Å². The quantitative estimate of drug-likeness (QED) is 0.0230. The van der Waals surface area contributed by atoms with Crippen LogP contribution in [0.15, 0.2) is 91.5 Å². The Labute approximate surface area is 625 Å². The topological polar surface area (TPSA) is 440 Å². The van der Waals surface area contributed by atoms with E-state index in [1.807, 2.05) is 0 Å². The predicted molar refractivity (Wildman–Crippen MR) is 387 cm³/mol. The Bertz CT molecular complexity index is 4150. The molecule has 106 heavy (non-hydrogen) atoms. The van der Waals surface area contributed by atoms with Gasteiger partial charge in [-0.1, -0.05) is 107 Å². The number of ether oxygens (including phenoxy) is 5. The molecule has 1 saturated heterocycles. The summed E-state index contributed by atoms with van der Waals surface area (Å²) in [5.74, 6) is -15.4. The maximum absolute atomic E-state index is 16.3. The number of carbonyl (C=O) groups is 8. The van der Waals surface area contributed by atoms with Gasteiger partial charge in [0.2, 0.25) is 35.7 Å². The molecule has 5 aromatic rings. The van der Waals surface area contributed by atoms with E-state index < -0.39 is 193 Å². The summed E-state index contributed by atoms with van der Waals surface area (Å²) in [4.78, 5) is 121. The number of unbranched alkanes of at least 4 members (excludes halogenated alkanes) is 5. The molecule has 1 fully saturated rings. The normalized spacial score (nSPS) is 24.2. The standard InChI is InChI=1S/C74H87Cl2N7O22S/c1-7-9-10-11-12-13-20-77-73(106)78-32-40-26-50(89)60(81-70(98)47(22-34(3)4)83(6)74(100)101-21-8-2)62(91)37-15-18-52(45(75)24-37)102-54-27-39-28-55(67(54)105-72-66(95)65(94)64(93)56(33-84)104-72)103-53-19-16-38(25-46(53)76)63(92)61-71(99)79-58(35(5)85)44-29-41(86)30-49(88)57(44)43-23-36(14-17-48(43)87)42(69(97)82-61)31-51(90)59(39)80-68(40)96/h8,14-19,23-25,27-30,34,40,42,47,56,58-66,72,84,86-88,91-95H,2,7,9-13,20-22,26,31-33H2,1,3-6H3,(H,79,99)(H,80,96)(H,81,98)(H,82,97)(H2,77,78,106)/t40-,42+,47+,56?,58+,59+,60-,61-,62+,63+,64?,65?,66?,72?/m0/s1. The van der Waals surface area contributed by atoms with E-state index in [2.05, 4.69) is 45.4 Å². The molecule has 0 aliphatic carbocycles. The number of phenols is 3. The van der Waals surface area contributed by atoms with Crippen LogP contribution in [-0.2, 0) is 43.0 Å². The largest absolute Gasteiger partial charge is 0.508 e. The highest BCUT2D eigenvalue weighted by Crippen LogP contribution is 2.50. The molecule has 6 aliphatic heterocycles. The molecule has 11 bridgehead atoms. The average molecular weight is 1530 g/mol. The van der Waals surface area contributed by atoms with Crippen molar-refractivity contribution in [1.29, 1.82) is 0 Å². The van der Waals surface area contributed by atoms with Crippen molar-refractivity contribution >= 4 is 87.6 Å². The molecule has 0 aromatic heterocycles. The fourth-order valence-electron chi connectivity index (χ4n) is 12.9. The lowest BCUT2D eigenvalue weighted by molar-refractivity contribution is -0.277. The van der Waals surface area contributed by atoms with E-state index in [-0.39, 0.29) is 84.5 Å². The summed E-state index contributed by atoms with van der Waals surface area (Å²) < 4.78 is 30.7. The second-order valence-electron chi connectivity index (χ2n) is 26.9. The number of benzene rings is 5. The van der Waals surface area contributed by atoms with Gasteiger partial charge in [-0.15, -0.1) is 0 Å². The molecule has 15 N–H and O–H groups in total. The van der Waals surface area contributed by atoms with Crippen LogP contribution in [0.4, 0.5) is 4.79 Å². The van der Waals surface area contributed by atoms with Crippen molar-refractivity contribution in [2.75, 3.05) is 33.4 Å². The van der Waals surface area contributed by atoms with Crippen molar-refractivity contribution in [2.45, 2.75) is 165 Å². The van der Waals surface area contributed by atoms with E-state index in [1.54, 1.807) is 13.8 Å². The molecule has 570 valence electrons. The highest BCUT2D eigenvalue weighted by Gasteiger charge is 2.47. The third kappa shape index (κ3) is 18.9. The van der Waals surface area contributed by atoms with Crippen LogP contribution in [0.3, 0.4) is 0 Å². The summed E-state index contributed by atoms with van der Waals surface area (Å²) in [6, 6.07) is 5.60. The van der Waals surface area contributed by atoms with Crippen LogP contribution in [0.1, 0.15) is 144 Å². The summed E-state index contributed by atoms with van der Waals surface area (Å²) in [5, 5.41) is 119. The zero-order chi connectivity index (χ0) is 77.1. The van der Waals surface area contributed by atoms with Crippen molar-refractivity contribution < 1.29 is 108 Å². The molecule has 5 amide bonds. The van der Waals surface area contributed by atoms with Crippen LogP contribution in [0, 0.1) is 11.8 Å². The fraction of sp³-hybridized carbons (Fsp3) is 0.446. The van der Waals surface area contributed by atoms with Gasteiger partial charge in [-0.3, -0.25) is 38.5 Å². The van der Waals surface area contributed by atoms with Gasteiger partial charge in [0.05, 0.1) is 28.5 Å². The van der Waals surface area contributed by atoms with E-state index in [0.29, 0.717) is 13.0 Å². The van der Waals surface area contributed by atoms with E-state index in [1.165, 1.54) is 55.6 Å². The minimum Gasteiger partial charge on any atom is -0.508 e. The number of aliphatic hydroxyl groups excluding tert-OH is 6. The number of rotatable bonds is 20. The number of nitrogens with zero attached hydrogens (tertiary/aromatic N) is 1. The smallest absolute Gasteiger partial charge is 0.410 e. The van der Waals surface area contributed by atoms with Gasteiger partial charge < -0.3 is 102 Å². The number of hydrogen-bond acceptors (Lipinski definition) is 23. The number of amides is 5. The van der Waals surface area contributed by atoms with Gasteiger partial charge in [-0.05, 0) is 120 Å². The van der Waals surface area contributed by atoms with Gasteiger partial charge in [0.25, 0.3) is 0 Å². The summed E-state index contributed by atoms with van der Waals surface area (Å²) in [6.45, 7) is 9.00. The van der Waals surface area contributed by atoms with Gasteiger partial charge in [-0.2, -0.15) is 0 Å². The molecule has 29 nitrogen and oxygen atoms in total. The summed E-state index contributed by atoms with van der Waals surface area (Å²) >= 11 is 19.9. The van der Waals surface area contributed by atoms with E-state index in [0.717, 1.165) is 80.3 Å². The van der Waals surface area contributed by atoms with E-state index in [4.69, 9.17) is 59.1 Å². The van der Waals surface area contributed by atoms with Gasteiger partial charge in [0, 0.05) is 50.2 Å². The first-order valence-corrected chi connectivity index (χ1v) is 35.7. The average Bonchev–Trinajstić information content (AvgIpc) is 0.769. The van der Waals surface area contributed by atoms with Gasteiger partial charge in [0.1, 0.15) is 102 Å². The van der Waals surface area contributed by atoms with Crippen LogP contribution >= 0.6 is 35.4 Å². The second kappa shape index (κ2) is 35.9. The van der Waals surface area contributed by atoms with Gasteiger partial charge in [0.15, 0.2) is 34.0 Å². The Morgan fingerprint density at radius 3 is 1.99 bits per heavy atom. The number of halogens is 2. The van der Waals surface area contributed by atoms with Crippen LogP contribution in [0.5, 0.6) is 46.0 Å². The number of aromatic hydroxyl groups is 3. The molecule has 14 atom stereocenters. The van der Waals surface area contributed by atoms with Gasteiger partial charge >= 0.3 is 6.09 Å².